The largest absolute Gasteiger partial charge is 0.496 e. The van der Waals surface area contributed by atoms with E-state index in [0.717, 1.165) is 13.2 Å². The summed E-state index contributed by atoms with van der Waals surface area (Å²) in [6, 6.07) is 0.110. The molecule has 1 atom stereocenters. The summed E-state index contributed by atoms with van der Waals surface area (Å²) in [6.45, 7) is 1.06. The van der Waals surface area contributed by atoms with Crippen molar-refractivity contribution in [2.24, 2.45) is 0 Å². The molecule has 3 nitrogen and oxygen atoms in total. The van der Waals surface area contributed by atoms with Crippen LogP contribution in [0.2, 0.25) is 0 Å². The Balaban J connectivity index is 0.00000288. The molecule has 24 heavy (non-hydrogen) atoms. The SMILES string of the molecule is COc1cc(C(F)(F)F)ccc1[C@H](N1CCNCC1)C(F)(F)F.Cl. The highest BCUT2D eigenvalue weighted by Crippen LogP contribution is 2.43. The summed E-state index contributed by atoms with van der Waals surface area (Å²) in [5, 5.41) is 2.94. The molecule has 2 rings (SSSR count). The number of nitrogens with one attached hydrogen (secondary N) is 1. The van der Waals surface area contributed by atoms with Crippen LogP contribution in [-0.2, 0) is 6.18 Å². The summed E-state index contributed by atoms with van der Waals surface area (Å²) >= 11 is 0. The standard InChI is InChI=1S/C14H16F6N2O.ClH/c1-23-11-8-9(13(15,16)17)2-3-10(11)12(14(18,19)20)22-6-4-21-5-7-22;/h2-3,8,12,21H,4-7H2,1H3;1H/t12-;/m0./s1. The van der Waals surface area contributed by atoms with Gasteiger partial charge in [0, 0.05) is 31.7 Å². The molecule has 0 aliphatic carbocycles. The van der Waals surface area contributed by atoms with Crippen molar-refractivity contribution in [2.75, 3.05) is 33.3 Å². The smallest absolute Gasteiger partial charge is 0.416 e. The van der Waals surface area contributed by atoms with Crippen molar-refractivity contribution < 1.29 is 31.1 Å². The third-order valence-electron chi connectivity index (χ3n) is 3.68. The van der Waals surface area contributed by atoms with E-state index >= 15 is 0 Å². The first kappa shape index (κ1) is 20.9. The zero-order valence-electron chi connectivity index (χ0n) is 12.7. The molecule has 1 aromatic rings. The molecule has 1 aromatic carbocycles. The third-order valence-corrected chi connectivity index (χ3v) is 3.68. The molecule has 0 radical (unpaired) electrons. The average Bonchev–Trinajstić information content (AvgIpc) is 2.46. The summed E-state index contributed by atoms with van der Waals surface area (Å²) < 4.78 is 83.5. The maximum atomic E-state index is 13.5. The van der Waals surface area contributed by atoms with Gasteiger partial charge < -0.3 is 10.1 Å². The summed E-state index contributed by atoms with van der Waals surface area (Å²) in [5.74, 6) is -0.416. The molecule has 1 heterocycles. The van der Waals surface area contributed by atoms with Gasteiger partial charge in [-0.15, -0.1) is 12.4 Å². The minimum Gasteiger partial charge on any atom is -0.496 e. The molecule has 0 unspecified atom stereocenters. The molecule has 0 amide bonds. The monoisotopic (exact) mass is 378 g/mol. The summed E-state index contributed by atoms with van der Waals surface area (Å²) in [5.41, 5.74) is -1.35. The lowest BCUT2D eigenvalue weighted by molar-refractivity contribution is -0.188. The molecule has 1 N–H and O–H groups in total. The van der Waals surface area contributed by atoms with Crippen LogP contribution in [0.4, 0.5) is 26.3 Å². The highest BCUT2D eigenvalue weighted by Gasteiger charge is 2.46. The molecular formula is C14H17ClF6N2O. The molecule has 1 fully saturated rings. The van der Waals surface area contributed by atoms with Crippen LogP contribution in [0.5, 0.6) is 5.75 Å². The fourth-order valence-electron chi connectivity index (χ4n) is 2.63. The van der Waals surface area contributed by atoms with Gasteiger partial charge in [-0.2, -0.15) is 26.3 Å². The van der Waals surface area contributed by atoms with E-state index in [1.807, 2.05) is 0 Å². The van der Waals surface area contributed by atoms with Gasteiger partial charge >= 0.3 is 12.4 Å². The highest BCUT2D eigenvalue weighted by molar-refractivity contribution is 5.85. The Labute approximate surface area is 141 Å². The van der Waals surface area contributed by atoms with Gasteiger partial charge in [-0.05, 0) is 12.1 Å². The first-order chi connectivity index (χ1) is 10.6. The Bertz CT molecular complexity index is 543. The molecule has 0 bridgehead atoms. The summed E-state index contributed by atoms with van der Waals surface area (Å²) in [6.07, 6.45) is -9.26. The van der Waals surface area contributed by atoms with Gasteiger partial charge in [-0.25, -0.2) is 0 Å². The normalized spacial score (nSPS) is 18.0. The second kappa shape index (κ2) is 7.79. The predicted molar refractivity (Wildman–Crippen MR) is 78.5 cm³/mol. The molecule has 1 aliphatic rings. The minimum absolute atomic E-state index is 0. The van der Waals surface area contributed by atoms with Crippen molar-refractivity contribution in [1.29, 1.82) is 0 Å². The fraction of sp³-hybridized carbons (Fsp3) is 0.571. The van der Waals surface area contributed by atoms with Crippen molar-refractivity contribution >= 4 is 12.4 Å². The lowest BCUT2D eigenvalue weighted by Gasteiger charge is -2.36. The van der Waals surface area contributed by atoms with E-state index in [0.29, 0.717) is 25.2 Å². The number of methoxy groups -OCH3 is 1. The second-order valence-corrected chi connectivity index (χ2v) is 5.18. The first-order valence-corrected chi connectivity index (χ1v) is 6.91. The number of halogens is 7. The van der Waals surface area contributed by atoms with Crippen LogP contribution >= 0.6 is 12.4 Å². The maximum absolute atomic E-state index is 13.5. The molecule has 1 saturated heterocycles. The minimum atomic E-state index is -4.64. The van der Waals surface area contributed by atoms with Gasteiger partial charge in [0.05, 0.1) is 12.7 Å². The number of benzene rings is 1. The van der Waals surface area contributed by atoms with E-state index in [1.165, 1.54) is 4.90 Å². The van der Waals surface area contributed by atoms with Crippen LogP contribution in [0.15, 0.2) is 18.2 Å². The molecule has 10 heteroatoms. The third kappa shape index (κ3) is 4.67. The van der Waals surface area contributed by atoms with E-state index in [-0.39, 0.29) is 31.1 Å². The highest BCUT2D eigenvalue weighted by atomic mass is 35.5. The van der Waals surface area contributed by atoms with Gasteiger partial charge in [-0.3, -0.25) is 4.90 Å². The molecular weight excluding hydrogens is 362 g/mol. The van der Waals surface area contributed by atoms with Crippen molar-refractivity contribution in [3.05, 3.63) is 29.3 Å². The Morgan fingerprint density at radius 3 is 2.12 bits per heavy atom. The molecule has 0 aromatic heterocycles. The number of nitrogens with zero attached hydrogens (tertiary/aromatic N) is 1. The van der Waals surface area contributed by atoms with Gasteiger partial charge in [-0.1, -0.05) is 6.07 Å². The number of alkyl halides is 6. The van der Waals surface area contributed by atoms with E-state index in [1.54, 1.807) is 0 Å². The van der Waals surface area contributed by atoms with E-state index in [9.17, 15) is 26.3 Å². The maximum Gasteiger partial charge on any atom is 0.416 e. The Hall–Kier alpha value is -1.19. The lowest BCUT2D eigenvalue weighted by Crippen LogP contribution is -2.49. The van der Waals surface area contributed by atoms with Crippen molar-refractivity contribution in [3.8, 4) is 5.75 Å². The number of hydrogen-bond donors (Lipinski definition) is 1. The van der Waals surface area contributed by atoms with Crippen molar-refractivity contribution in [1.82, 2.24) is 10.2 Å². The van der Waals surface area contributed by atoms with Gasteiger partial charge in [0.25, 0.3) is 0 Å². The molecule has 0 saturated carbocycles. The topological polar surface area (TPSA) is 24.5 Å². The zero-order valence-corrected chi connectivity index (χ0v) is 13.5. The summed E-state index contributed by atoms with van der Waals surface area (Å²) in [7, 11) is 1.06. The van der Waals surface area contributed by atoms with Crippen molar-refractivity contribution in [3.63, 3.8) is 0 Å². The second-order valence-electron chi connectivity index (χ2n) is 5.18. The number of hydrogen-bond acceptors (Lipinski definition) is 3. The lowest BCUT2D eigenvalue weighted by atomic mass is 10.0. The number of piperazine rings is 1. The van der Waals surface area contributed by atoms with Crippen LogP contribution in [0.1, 0.15) is 17.2 Å². The van der Waals surface area contributed by atoms with Crippen LogP contribution in [0.3, 0.4) is 0 Å². The van der Waals surface area contributed by atoms with Gasteiger partial charge in [0.15, 0.2) is 0 Å². The molecule has 1 aliphatic heterocycles. The fourth-order valence-corrected chi connectivity index (χ4v) is 2.63. The predicted octanol–water partition coefficient (Wildman–Crippen LogP) is 3.64. The Kier molecular flexibility index (Phi) is 6.77. The van der Waals surface area contributed by atoms with Gasteiger partial charge in [0.1, 0.15) is 11.8 Å². The Morgan fingerprint density at radius 1 is 1.08 bits per heavy atom. The number of ether oxygens (including phenoxy) is 1. The Morgan fingerprint density at radius 2 is 1.67 bits per heavy atom. The van der Waals surface area contributed by atoms with Crippen LogP contribution in [0, 0.1) is 0 Å². The van der Waals surface area contributed by atoms with E-state index < -0.39 is 29.7 Å². The molecule has 138 valence electrons. The summed E-state index contributed by atoms with van der Waals surface area (Å²) in [4.78, 5) is 1.20. The molecule has 0 spiro atoms. The van der Waals surface area contributed by atoms with Crippen LogP contribution in [0.25, 0.3) is 0 Å². The van der Waals surface area contributed by atoms with Crippen LogP contribution in [-0.4, -0.2) is 44.4 Å². The number of rotatable bonds is 3. The van der Waals surface area contributed by atoms with Gasteiger partial charge in [0.2, 0.25) is 0 Å². The van der Waals surface area contributed by atoms with E-state index in [4.69, 9.17) is 4.74 Å². The first-order valence-electron chi connectivity index (χ1n) is 6.91. The van der Waals surface area contributed by atoms with E-state index in [2.05, 4.69) is 5.32 Å². The average molecular weight is 379 g/mol. The zero-order chi connectivity index (χ0) is 17.3. The van der Waals surface area contributed by atoms with Crippen molar-refractivity contribution in [2.45, 2.75) is 18.4 Å². The quantitative estimate of drug-likeness (QED) is 0.813. The van der Waals surface area contributed by atoms with Crippen LogP contribution < -0.4 is 10.1 Å².